The summed E-state index contributed by atoms with van der Waals surface area (Å²) in [5, 5.41) is 3.08. The highest BCUT2D eigenvalue weighted by Gasteiger charge is 2.18. The maximum atomic E-state index is 12.5. The predicted octanol–water partition coefficient (Wildman–Crippen LogP) is 2.99. The van der Waals surface area contributed by atoms with Crippen molar-refractivity contribution < 1.29 is 9.59 Å². The lowest BCUT2D eigenvalue weighted by molar-refractivity contribution is -0.117. The van der Waals surface area contributed by atoms with Crippen molar-refractivity contribution in [2.24, 2.45) is 5.73 Å². The summed E-state index contributed by atoms with van der Waals surface area (Å²) in [7, 11) is 0. The van der Waals surface area contributed by atoms with Crippen LogP contribution in [0.4, 0.5) is 5.69 Å². The third-order valence-electron chi connectivity index (χ3n) is 5.98. The minimum atomic E-state index is -0.388. The number of nitrogens with zero attached hydrogens (tertiary/aromatic N) is 2. The van der Waals surface area contributed by atoms with Gasteiger partial charge in [-0.05, 0) is 55.3 Å². The highest BCUT2D eigenvalue weighted by Crippen LogP contribution is 2.31. The van der Waals surface area contributed by atoms with Crippen molar-refractivity contribution in [2.75, 3.05) is 49.9 Å². The Hall–Kier alpha value is -2.77. The van der Waals surface area contributed by atoms with Crippen LogP contribution in [0, 0.1) is 0 Å². The van der Waals surface area contributed by atoms with Crippen LogP contribution >= 0.6 is 11.8 Å². The molecule has 0 spiro atoms. The first-order chi connectivity index (χ1) is 15.6. The number of nitrogens with one attached hydrogen (secondary N) is 1. The summed E-state index contributed by atoms with van der Waals surface area (Å²) in [6.07, 6.45) is 4.05. The molecule has 2 aliphatic rings. The summed E-state index contributed by atoms with van der Waals surface area (Å²) < 4.78 is 0. The standard InChI is InChI=1S/C25H30N4O2S/c26-24(30)20-7-5-8-22(17-20)29-14-12-28(13-15-29)11-4-3-10-27-25(31)21-16-19-6-1-2-9-23(19)32-18-21/h1-2,5-9,16-17H,3-4,10-15,18H2,(H2,26,30)(H,27,31). The van der Waals surface area contributed by atoms with Crippen LogP contribution in [-0.4, -0.2) is 61.7 Å². The second-order valence-corrected chi connectivity index (χ2v) is 9.22. The van der Waals surface area contributed by atoms with E-state index in [0.29, 0.717) is 12.1 Å². The van der Waals surface area contributed by atoms with Crippen LogP contribution < -0.4 is 16.0 Å². The molecule has 0 aliphatic carbocycles. The van der Waals surface area contributed by atoms with Gasteiger partial charge in [0, 0.05) is 60.2 Å². The lowest BCUT2D eigenvalue weighted by atomic mass is 10.1. The third-order valence-corrected chi connectivity index (χ3v) is 7.12. The molecule has 6 nitrogen and oxygen atoms in total. The molecule has 0 bridgehead atoms. The Morgan fingerprint density at radius 2 is 1.81 bits per heavy atom. The first-order valence-corrected chi connectivity index (χ1v) is 12.2. The number of anilines is 1. The molecule has 4 rings (SSSR count). The molecule has 2 heterocycles. The van der Waals surface area contributed by atoms with Crippen molar-refractivity contribution in [1.29, 1.82) is 0 Å². The van der Waals surface area contributed by atoms with Crippen molar-refractivity contribution in [3.05, 3.63) is 65.2 Å². The highest BCUT2D eigenvalue weighted by molar-refractivity contribution is 7.99. The van der Waals surface area contributed by atoms with Gasteiger partial charge < -0.3 is 16.0 Å². The number of unbranched alkanes of at least 4 members (excludes halogenated alkanes) is 1. The number of amides is 2. The van der Waals surface area contributed by atoms with E-state index in [0.717, 1.165) is 68.1 Å². The van der Waals surface area contributed by atoms with E-state index in [2.05, 4.69) is 27.2 Å². The van der Waals surface area contributed by atoms with Crippen LogP contribution in [0.1, 0.15) is 28.8 Å². The zero-order chi connectivity index (χ0) is 22.3. The van der Waals surface area contributed by atoms with E-state index in [-0.39, 0.29) is 11.8 Å². The Balaban J connectivity index is 1.14. The fraction of sp³-hybridized carbons (Fsp3) is 0.360. The second-order valence-electron chi connectivity index (χ2n) is 8.20. The van der Waals surface area contributed by atoms with Gasteiger partial charge in [0.1, 0.15) is 0 Å². The molecule has 3 N–H and O–H groups in total. The summed E-state index contributed by atoms with van der Waals surface area (Å²) in [6.45, 7) is 5.62. The molecule has 0 saturated carbocycles. The first kappa shape index (κ1) is 22.4. The number of carbonyl (C=O) groups is 2. The van der Waals surface area contributed by atoms with Gasteiger partial charge in [-0.25, -0.2) is 0 Å². The quantitative estimate of drug-likeness (QED) is 0.605. The van der Waals surface area contributed by atoms with Crippen molar-refractivity contribution >= 4 is 35.3 Å². The summed E-state index contributed by atoms with van der Waals surface area (Å²) in [6, 6.07) is 15.7. The third kappa shape index (κ3) is 5.72. The molecule has 2 amide bonds. The molecule has 0 aromatic heterocycles. The number of hydrogen-bond acceptors (Lipinski definition) is 5. The van der Waals surface area contributed by atoms with Crippen LogP contribution in [-0.2, 0) is 4.79 Å². The van der Waals surface area contributed by atoms with Crippen LogP contribution in [0.5, 0.6) is 0 Å². The fourth-order valence-electron chi connectivity index (χ4n) is 4.11. The summed E-state index contributed by atoms with van der Waals surface area (Å²) in [5.74, 6) is 0.398. The number of thioether (sulfide) groups is 1. The monoisotopic (exact) mass is 450 g/mol. The topological polar surface area (TPSA) is 78.7 Å². The minimum Gasteiger partial charge on any atom is -0.369 e. The van der Waals surface area contributed by atoms with Crippen LogP contribution in [0.3, 0.4) is 0 Å². The van der Waals surface area contributed by atoms with Crippen LogP contribution in [0.2, 0.25) is 0 Å². The number of primary amides is 1. The van der Waals surface area contributed by atoms with Crippen LogP contribution in [0.25, 0.3) is 6.08 Å². The van der Waals surface area contributed by atoms with Gasteiger partial charge in [0.25, 0.3) is 0 Å². The zero-order valence-electron chi connectivity index (χ0n) is 18.3. The lowest BCUT2D eigenvalue weighted by Crippen LogP contribution is -2.46. The first-order valence-electron chi connectivity index (χ1n) is 11.2. The van der Waals surface area contributed by atoms with E-state index >= 15 is 0 Å². The van der Waals surface area contributed by atoms with Gasteiger partial charge in [-0.3, -0.25) is 14.5 Å². The Bertz CT molecular complexity index is 999. The second kappa shape index (κ2) is 10.7. The normalized spacial score (nSPS) is 16.2. The minimum absolute atomic E-state index is 0.0545. The van der Waals surface area contributed by atoms with E-state index in [1.54, 1.807) is 17.8 Å². The van der Waals surface area contributed by atoms with Gasteiger partial charge in [-0.2, -0.15) is 0 Å². The Labute approximate surface area is 193 Å². The van der Waals surface area contributed by atoms with Crippen molar-refractivity contribution in [1.82, 2.24) is 10.2 Å². The fourth-order valence-corrected chi connectivity index (χ4v) is 5.10. The van der Waals surface area contributed by atoms with E-state index < -0.39 is 0 Å². The number of fused-ring (bicyclic) bond motifs is 1. The van der Waals surface area contributed by atoms with Gasteiger partial charge in [-0.1, -0.05) is 24.3 Å². The maximum absolute atomic E-state index is 12.5. The maximum Gasteiger partial charge on any atom is 0.248 e. The number of benzene rings is 2. The number of piperazine rings is 1. The number of rotatable bonds is 8. The smallest absolute Gasteiger partial charge is 0.248 e. The highest BCUT2D eigenvalue weighted by atomic mass is 32.2. The van der Waals surface area contributed by atoms with Gasteiger partial charge >= 0.3 is 0 Å². The van der Waals surface area contributed by atoms with Crippen molar-refractivity contribution in [3.8, 4) is 0 Å². The Kier molecular flexibility index (Phi) is 7.50. The molecule has 2 aliphatic heterocycles. The molecule has 0 atom stereocenters. The van der Waals surface area contributed by atoms with Crippen LogP contribution in [0.15, 0.2) is 59.0 Å². The number of nitrogens with two attached hydrogens (primary N) is 1. The SMILES string of the molecule is NC(=O)c1cccc(N2CCN(CCCCNC(=O)C3=Cc4ccccc4SC3)CC2)c1. The molecular formula is C25H30N4O2S. The molecule has 7 heteroatoms. The molecule has 0 unspecified atom stereocenters. The molecule has 2 aromatic rings. The van der Waals surface area contributed by atoms with Gasteiger partial charge in [0.2, 0.25) is 11.8 Å². The lowest BCUT2D eigenvalue weighted by Gasteiger charge is -2.36. The van der Waals surface area contributed by atoms with Crippen molar-refractivity contribution in [2.45, 2.75) is 17.7 Å². The van der Waals surface area contributed by atoms with Gasteiger partial charge in [-0.15, -0.1) is 11.8 Å². The molecule has 0 radical (unpaired) electrons. The van der Waals surface area contributed by atoms with Crippen molar-refractivity contribution in [3.63, 3.8) is 0 Å². The average Bonchev–Trinajstić information content (AvgIpc) is 2.84. The Morgan fingerprint density at radius 1 is 1.00 bits per heavy atom. The molecule has 1 saturated heterocycles. The van der Waals surface area contributed by atoms with E-state index in [1.807, 2.05) is 36.4 Å². The summed E-state index contributed by atoms with van der Waals surface area (Å²) in [5.41, 5.74) is 8.99. The average molecular weight is 451 g/mol. The Morgan fingerprint density at radius 3 is 2.62 bits per heavy atom. The molecule has 32 heavy (non-hydrogen) atoms. The molecule has 168 valence electrons. The van der Waals surface area contributed by atoms with Gasteiger partial charge in [0.05, 0.1) is 0 Å². The van der Waals surface area contributed by atoms with E-state index in [9.17, 15) is 9.59 Å². The number of hydrogen-bond donors (Lipinski definition) is 2. The molecule has 1 fully saturated rings. The predicted molar refractivity (Wildman–Crippen MR) is 131 cm³/mol. The molecule has 2 aromatic carbocycles. The largest absolute Gasteiger partial charge is 0.369 e. The van der Waals surface area contributed by atoms with Gasteiger partial charge in [0.15, 0.2) is 0 Å². The number of carbonyl (C=O) groups excluding carboxylic acids is 2. The molecular weight excluding hydrogens is 420 g/mol. The van der Waals surface area contributed by atoms with E-state index in [4.69, 9.17) is 5.73 Å². The zero-order valence-corrected chi connectivity index (χ0v) is 19.1. The van der Waals surface area contributed by atoms with E-state index in [1.165, 1.54) is 4.90 Å². The summed E-state index contributed by atoms with van der Waals surface area (Å²) >= 11 is 1.73. The summed E-state index contributed by atoms with van der Waals surface area (Å²) in [4.78, 5) is 29.9.